The van der Waals surface area contributed by atoms with Crippen LogP contribution in [0.5, 0.6) is 0 Å². The van der Waals surface area contributed by atoms with E-state index >= 15 is 0 Å². The molecule has 6 heteroatoms. The molecule has 1 aromatic heterocycles. The molecule has 0 amide bonds. The van der Waals surface area contributed by atoms with Crippen molar-refractivity contribution in [2.24, 2.45) is 7.05 Å². The molecule has 0 spiro atoms. The Labute approximate surface area is 67.1 Å². The van der Waals surface area contributed by atoms with Crippen molar-refractivity contribution in [3.8, 4) is 0 Å². The number of nitrogens with zero attached hydrogens (tertiary/aromatic N) is 3. The van der Waals surface area contributed by atoms with Gasteiger partial charge >= 0.3 is 5.97 Å². The SMILES string of the molecule is Cn1cc(C=C(F)C(=O)O)nn1. The molecule has 1 rings (SSSR count). The van der Waals surface area contributed by atoms with Crippen LogP contribution >= 0.6 is 0 Å². The zero-order valence-corrected chi connectivity index (χ0v) is 6.23. The van der Waals surface area contributed by atoms with Crippen molar-refractivity contribution in [3.05, 3.63) is 17.7 Å². The number of aryl methyl sites for hydroxylation is 1. The van der Waals surface area contributed by atoms with Gasteiger partial charge in [0.25, 0.3) is 0 Å². The van der Waals surface area contributed by atoms with Gasteiger partial charge in [-0.25, -0.2) is 4.79 Å². The Hall–Kier alpha value is -1.72. The topological polar surface area (TPSA) is 68.0 Å². The van der Waals surface area contributed by atoms with Gasteiger partial charge in [-0.1, -0.05) is 5.21 Å². The van der Waals surface area contributed by atoms with Crippen molar-refractivity contribution in [2.45, 2.75) is 0 Å². The van der Waals surface area contributed by atoms with Gasteiger partial charge in [-0.15, -0.1) is 5.10 Å². The molecule has 0 bridgehead atoms. The lowest BCUT2D eigenvalue weighted by atomic mass is 10.4. The number of carboxylic acid groups (broad SMARTS) is 1. The highest BCUT2D eigenvalue weighted by atomic mass is 19.1. The molecule has 0 fully saturated rings. The molecule has 0 radical (unpaired) electrons. The first-order valence-corrected chi connectivity index (χ1v) is 3.06. The predicted molar refractivity (Wildman–Crippen MR) is 37.7 cm³/mol. The zero-order chi connectivity index (χ0) is 9.14. The minimum atomic E-state index is -1.61. The molecule has 0 unspecified atom stereocenters. The van der Waals surface area contributed by atoms with Gasteiger partial charge in [-0.3, -0.25) is 4.68 Å². The fourth-order valence-corrected chi connectivity index (χ4v) is 0.623. The van der Waals surface area contributed by atoms with Gasteiger partial charge in [-0.05, 0) is 0 Å². The Morgan fingerprint density at radius 3 is 2.92 bits per heavy atom. The summed E-state index contributed by atoms with van der Waals surface area (Å²) in [6.07, 6.45) is 2.21. The van der Waals surface area contributed by atoms with Gasteiger partial charge in [-0.2, -0.15) is 4.39 Å². The van der Waals surface area contributed by atoms with Crippen LogP contribution in [0, 0.1) is 0 Å². The first-order chi connectivity index (χ1) is 5.59. The van der Waals surface area contributed by atoms with Gasteiger partial charge in [0.05, 0.1) is 6.20 Å². The van der Waals surface area contributed by atoms with Crippen molar-refractivity contribution in [3.63, 3.8) is 0 Å². The molecule has 64 valence electrons. The summed E-state index contributed by atoms with van der Waals surface area (Å²) in [6.45, 7) is 0. The average Bonchev–Trinajstić information content (AvgIpc) is 2.35. The summed E-state index contributed by atoms with van der Waals surface area (Å²) >= 11 is 0. The van der Waals surface area contributed by atoms with Gasteiger partial charge in [0.2, 0.25) is 5.83 Å². The number of hydrogen-bond acceptors (Lipinski definition) is 3. The second-order valence-corrected chi connectivity index (χ2v) is 2.11. The van der Waals surface area contributed by atoms with Crippen LogP contribution in [0.3, 0.4) is 0 Å². The lowest BCUT2D eigenvalue weighted by Crippen LogP contribution is -1.93. The Morgan fingerprint density at radius 2 is 2.50 bits per heavy atom. The molecule has 0 aromatic carbocycles. The van der Waals surface area contributed by atoms with E-state index in [-0.39, 0.29) is 5.69 Å². The third kappa shape index (κ3) is 1.88. The van der Waals surface area contributed by atoms with Gasteiger partial charge in [0, 0.05) is 13.1 Å². The highest BCUT2D eigenvalue weighted by Gasteiger charge is 2.06. The van der Waals surface area contributed by atoms with Crippen LogP contribution in [0.1, 0.15) is 5.69 Å². The van der Waals surface area contributed by atoms with Crippen molar-refractivity contribution in [1.29, 1.82) is 0 Å². The minimum Gasteiger partial charge on any atom is -0.476 e. The summed E-state index contributed by atoms with van der Waals surface area (Å²) in [7, 11) is 1.60. The second-order valence-electron chi connectivity index (χ2n) is 2.11. The van der Waals surface area contributed by atoms with E-state index in [1.54, 1.807) is 7.05 Å². The zero-order valence-electron chi connectivity index (χ0n) is 6.23. The number of carbonyl (C=O) groups is 1. The molecule has 0 saturated heterocycles. The van der Waals surface area contributed by atoms with Gasteiger partial charge < -0.3 is 5.11 Å². The molecule has 0 saturated carbocycles. The third-order valence-electron chi connectivity index (χ3n) is 1.10. The molecule has 12 heavy (non-hydrogen) atoms. The lowest BCUT2D eigenvalue weighted by Gasteiger charge is -1.84. The van der Waals surface area contributed by atoms with Crippen LogP contribution < -0.4 is 0 Å². The Morgan fingerprint density at radius 1 is 1.83 bits per heavy atom. The Bertz CT molecular complexity index is 331. The van der Waals surface area contributed by atoms with Crippen LogP contribution in [0.2, 0.25) is 0 Å². The summed E-state index contributed by atoms with van der Waals surface area (Å²) in [5.41, 5.74) is 0.178. The maximum atomic E-state index is 12.4. The van der Waals surface area contributed by atoms with E-state index in [0.717, 1.165) is 6.08 Å². The summed E-state index contributed by atoms with van der Waals surface area (Å²) in [6, 6.07) is 0. The van der Waals surface area contributed by atoms with E-state index in [4.69, 9.17) is 5.11 Å². The van der Waals surface area contributed by atoms with E-state index in [2.05, 4.69) is 10.3 Å². The number of aromatic nitrogens is 3. The first-order valence-electron chi connectivity index (χ1n) is 3.06. The number of aliphatic carboxylic acids is 1. The standard InChI is InChI=1S/C6H6FN3O2/c1-10-3-4(8-9-10)2-5(7)6(11)12/h2-3H,1H3,(H,11,12). The van der Waals surface area contributed by atoms with E-state index in [0.29, 0.717) is 0 Å². The lowest BCUT2D eigenvalue weighted by molar-refractivity contribution is -0.134. The summed E-state index contributed by atoms with van der Waals surface area (Å²) in [5.74, 6) is -2.86. The fraction of sp³-hybridized carbons (Fsp3) is 0.167. The molecular formula is C6H6FN3O2. The number of halogens is 1. The van der Waals surface area contributed by atoms with Crippen molar-refractivity contribution in [1.82, 2.24) is 15.0 Å². The third-order valence-corrected chi connectivity index (χ3v) is 1.10. The molecule has 0 aliphatic rings. The van der Waals surface area contributed by atoms with E-state index in [9.17, 15) is 9.18 Å². The fourth-order valence-electron chi connectivity index (χ4n) is 0.623. The number of rotatable bonds is 2. The van der Waals surface area contributed by atoms with Crippen LogP contribution in [0.15, 0.2) is 12.0 Å². The highest BCUT2D eigenvalue weighted by molar-refractivity contribution is 5.89. The van der Waals surface area contributed by atoms with Crippen LogP contribution in [-0.4, -0.2) is 26.1 Å². The number of hydrogen-bond donors (Lipinski definition) is 1. The average molecular weight is 171 g/mol. The molecular weight excluding hydrogens is 165 g/mol. The van der Waals surface area contributed by atoms with E-state index in [1.165, 1.54) is 10.9 Å². The van der Waals surface area contributed by atoms with Crippen molar-refractivity contribution in [2.75, 3.05) is 0 Å². The summed E-state index contributed by atoms with van der Waals surface area (Å²) in [4.78, 5) is 10.0. The highest BCUT2D eigenvalue weighted by Crippen LogP contribution is 2.03. The molecule has 0 atom stereocenters. The monoisotopic (exact) mass is 171 g/mol. The largest absolute Gasteiger partial charge is 0.476 e. The van der Waals surface area contributed by atoms with Gasteiger partial charge in [0.15, 0.2) is 0 Å². The maximum Gasteiger partial charge on any atom is 0.364 e. The molecule has 1 N–H and O–H groups in total. The van der Waals surface area contributed by atoms with Gasteiger partial charge in [0.1, 0.15) is 5.69 Å². The van der Waals surface area contributed by atoms with Crippen molar-refractivity contribution < 1.29 is 14.3 Å². The molecule has 5 nitrogen and oxygen atoms in total. The summed E-state index contributed by atoms with van der Waals surface area (Å²) in [5, 5.41) is 15.1. The molecule has 0 aliphatic carbocycles. The Balaban J connectivity index is 2.87. The molecule has 0 aliphatic heterocycles. The smallest absolute Gasteiger partial charge is 0.364 e. The summed E-state index contributed by atoms with van der Waals surface area (Å²) < 4.78 is 13.8. The normalized spacial score (nSPS) is 11.7. The quantitative estimate of drug-likeness (QED) is 0.646. The maximum absolute atomic E-state index is 12.4. The van der Waals surface area contributed by atoms with E-state index in [1.807, 2.05) is 0 Å². The van der Waals surface area contributed by atoms with Crippen LogP contribution in [-0.2, 0) is 11.8 Å². The van der Waals surface area contributed by atoms with Crippen LogP contribution in [0.25, 0.3) is 6.08 Å². The molecule has 1 aromatic rings. The van der Waals surface area contributed by atoms with Crippen LogP contribution in [0.4, 0.5) is 4.39 Å². The Kier molecular flexibility index (Phi) is 2.18. The minimum absolute atomic E-state index is 0.178. The predicted octanol–water partition coefficient (Wildman–Crippen LogP) is 0.210. The molecule has 1 heterocycles. The number of carboxylic acids is 1. The first kappa shape index (κ1) is 8.38. The van der Waals surface area contributed by atoms with E-state index < -0.39 is 11.8 Å². The second kappa shape index (κ2) is 3.12. The van der Waals surface area contributed by atoms with Crippen molar-refractivity contribution >= 4 is 12.0 Å².